The van der Waals surface area contributed by atoms with E-state index in [4.69, 9.17) is 5.11 Å². The van der Waals surface area contributed by atoms with Crippen molar-refractivity contribution in [2.45, 2.75) is 13.3 Å². The van der Waals surface area contributed by atoms with Gasteiger partial charge in [0.05, 0.1) is 13.2 Å². The predicted octanol–water partition coefficient (Wildman–Crippen LogP) is 1.18. The second-order valence-corrected chi connectivity index (χ2v) is 5.43. The summed E-state index contributed by atoms with van der Waals surface area (Å²) in [6, 6.07) is 7.78. The van der Waals surface area contributed by atoms with Crippen LogP contribution in [0.5, 0.6) is 0 Å². The first-order valence-corrected chi connectivity index (χ1v) is 7.35. The molecule has 0 aliphatic carbocycles. The zero-order chi connectivity index (χ0) is 14.4. The number of aryl methyl sites for hydroxylation is 1. The third-order valence-corrected chi connectivity index (χ3v) is 3.91. The summed E-state index contributed by atoms with van der Waals surface area (Å²) in [5.41, 5.74) is 1.89. The molecule has 1 heterocycles. The van der Waals surface area contributed by atoms with Gasteiger partial charge < -0.3 is 5.11 Å². The van der Waals surface area contributed by atoms with Crippen LogP contribution in [0.2, 0.25) is 0 Å². The van der Waals surface area contributed by atoms with Gasteiger partial charge in [-0.2, -0.15) is 0 Å². The highest BCUT2D eigenvalue weighted by Crippen LogP contribution is 2.10. The van der Waals surface area contributed by atoms with E-state index >= 15 is 0 Å². The van der Waals surface area contributed by atoms with Crippen LogP contribution in [0.4, 0.5) is 0 Å². The molecule has 4 nitrogen and oxygen atoms in total. The maximum atomic E-state index is 12.4. The van der Waals surface area contributed by atoms with Gasteiger partial charge in [-0.15, -0.1) is 0 Å². The normalized spacial score (nSPS) is 17.9. The minimum Gasteiger partial charge on any atom is -0.395 e. The number of rotatable bonds is 5. The fourth-order valence-electron chi connectivity index (χ4n) is 2.72. The summed E-state index contributed by atoms with van der Waals surface area (Å²) in [4.78, 5) is 16.8. The molecule has 0 saturated carbocycles. The maximum Gasteiger partial charge on any atom is 0.177 e. The molecule has 1 aliphatic heterocycles. The van der Waals surface area contributed by atoms with E-state index in [1.54, 1.807) is 0 Å². The number of ketones is 1. The Hall–Kier alpha value is -1.23. The summed E-state index contributed by atoms with van der Waals surface area (Å²) in [6.07, 6.45) is 1.06. The molecule has 110 valence electrons. The standard InChI is InChI=1S/C16H24N2O2/c1-14-5-2-3-6-15(14)16(20)13-18-8-4-7-17(9-10-18)11-12-19/h2-3,5-6,19H,4,7-13H2,1H3. The van der Waals surface area contributed by atoms with Crippen LogP contribution in [-0.2, 0) is 0 Å². The number of hydrogen-bond donors (Lipinski definition) is 1. The van der Waals surface area contributed by atoms with Crippen LogP contribution in [0.15, 0.2) is 24.3 Å². The molecule has 0 spiro atoms. The van der Waals surface area contributed by atoms with Crippen molar-refractivity contribution in [1.29, 1.82) is 0 Å². The highest BCUT2D eigenvalue weighted by atomic mass is 16.3. The summed E-state index contributed by atoms with van der Waals surface area (Å²) in [7, 11) is 0. The van der Waals surface area contributed by atoms with Crippen molar-refractivity contribution in [3.8, 4) is 0 Å². The molecule has 0 aromatic heterocycles. The number of β-amino-alcohol motifs (C(OH)–C–C–N with tert-alkyl or cyclic N) is 1. The number of benzene rings is 1. The van der Waals surface area contributed by atoms with E-state index in [-0.39, 0.29) is 12.4 Å². The van der Waals surface area contributed by atoms with Crippen LogP contribution in [-0.4, -0.2) is 66.6 Å². The second-order valence-electron chi connectivity index (χ2n) is 5.43. The molecule has 1 fully saturated rings. The molecule has 0 unspecified atom stereocenters. The van der Waals surface area contributed by atoms with Crippen molar-refractivity contribution in [2.24, 2.45) is 0 Å². The highest BCUT2D eigenvalue weighted by Gasteiger charge is 2.18. The minimum atomic E-state index is 0.207. The SMILES string of the molecule is Cc1ccccc1C(=O)CN1CCCN(CCO)CC1. The van der Waals surface area contributed by atoms with E-state index in [1.165, 1.54) is 0 Å². The molecule has 1 saturated heterocycles. The van der Waals surface area contributed by atoms with E-state index in [2.05, 4.69) is 9.80 Å². The molecule has 1 N–H and O–H groups in total. The zero-order valence-corrected chi connectivity index (χ0v) is 12.2. The summed E-state index contributed by atoms with van der Waals surface area (Å²) >= 11 is 0. The highest BCUT2D eigenvalue weighted by molar-refractivity contribution is 5.98. The lowest BCUT2D eigenvalue weighted by Gasteiger charge is -2.20. The van der Waals surface area contributed by atoms with E-state index in [0.29, 0.717) is 6.54 Å². The van der Waals surface area contributed by atoms with Crippen LogP contribution >= 0.6 is 0 Å². The Labute approximate surface area is 121 Å². The summed E-state index contributed by atoms with van der Waals surface area (Å²) in [5.74, 6) is 0.207. The maximum absolute atomic E-state index is 12.4. The molecule has 0 bridgehead atoms. The molecule has 1 aromatic rings. The van der Waals surface area contributed by atoms with Crippen molar-refractivity contribution in [3.05, 3.63) is 35.4 Å². The number of aliphatic hydroxyl groups excluding tert-OH is 1. The number of carbonyl (C=O) groups is 1. The van der Waals surface area contributed by atoms with Crippen LogP contribution in [0.1, 0.15) is 22.3 Å². The van der Waals surface area contributed by atoms with E-state index in [9.17, 15) is 4.79 Å². The topological polar surface area (TPSA) is 43.8 Å². The molecular formula is C16H24N2O2. The van der Waals surface area contributed by atoms with Crippen LogP contribution in [0.25, 0.3) is 0 Å². The van der Waals surface area contributed by atoms with Gasteiger partial charge in [-0.3, -0.25) is 14.6 Å². The molecule has 1 aliphatic rings. The van der Waals surface area contributed by atoms with Gasteiger partial charge in [0.2, 0.25) is 0 Å². The quantitative estimate of drug-likeness (QED) is 0.820. The Morgan fingerprint density at radius 1 is 1.15 bits per heavy atom. The molecule has 0 atom stereocenters. The fraction of sp³-hybridized carbons (Fsp3) is 0.562. The first-order valence-electron chi connectivity index (χ1n) is 7.35. The molecule has 20 heavy (non-hydrogen) atoms. The van der Waals surface area contributed by atoms with Gasteiger partial charge in [0.15, 0.2) is 5.78 Å². The largest absolute Gasteiger partial charge is 0.395 e. The first-order chi connectivity index (χ1) is 9.70. The van der Waals surface area contributed by atoms with E-state index in [1.807, 2.05) is 31.2 Å². The Bertz CT molecular complexity index is 448. The van der Waals surface area contributed by atoms with Gasteiger partial charge in [-0.1, -0.05) is 24.3 Å². The van der Waals surface area contributed by atoms with Gasteiger partial charge in [0.1, 0.15) is 0 Å². The van der Waals surface area contributed by atoms with E-state index < -0.39 is 0 Å². The number of aliphatic hydroxyl groups is 1. The average Bonchev–Trinajstić information content (AvgIpc) is 2.65. The van der Waals surface area contributed by atoms with Gasteiger partial charge in [0.25, 0.3) is 0 Å². The van der Waals surface area contributed by atoms with Crippen LogP contribution in [0, 0.1) is 6.92 Å². The smallest absolute Gasteiger partial charge is 0.177 e. The molecule has 0 radical (unpaired) electrons. The third kappa shape index (κ3) is 4.13. The minimum absolute atomic E-state index is 0.207. The van der Waals surface area contributed by atoms with Crippen molar-refractivity contribution < 1.29 is 9.90 Å². The van der Waals surface area contributed by atoms with Crippen molar-refractivity contribution in [2.75, 3.05) is 45.9 Å². The van der Waals surface area contributed by atoms with Gasteiger partial charge in [-0.05, 0) is 32.0 Å². The number of hydrogen-bond acceptors (Lipinski definition) is 4. The second kappa shape index (κ2) is 7.53. The Kier molecular flexibility index (Phi) is 5.71. The van der Waals surface area contributed by atoms with Gasteiger partial charge in [0, 0.05) is 25.2 Å². The first kappa shape index (κ1) is 15.2. The van der Waals surface area contributed by atoms with E-state index in [0.717, 1.165) is 50.3 Å². The average molecular weight is 276 g/mol. The molecule has 1 aromatic carbocycles. The number of nitrogens with zero attached hydrogens (tertiary/aromatic N) is 2. The molecular weight excluding hydrogens is 252 g/mol. The van der Waals surface area contributed by atoms with Gasteiger partial charge in [-0.25, -0.2) is 0 Å². The van der Waals surface area contributed by atoms with Crippen molar-refractivity contribution >= 4 is 5.78 Å². The molecule has 2 rings (SSSR count). The summed E-state index contributed by atoms with van der Waals surface area (Å²) < 4.78 is 0. The Morgan fingerprint density at radius 2 is 1.85 bits per heavy atom. The van der Waals surface area contributed by atoms with Crippen molar-refractivity contribution in [3.63, 3.8) is 0 Å². The fourth-order valence-corrected chi connectivity index (χ4v) is 2.72. The third-order valence-electron chi connectivity index (χ3n) is 3.91. The van der Waals surface area contributed by atoms with Crippen molar-refractivity contribution in [1.82, 2.24) is 9.80 Å². The Balaban J connectivity index is 1.90. The lowest BCUT2D eigenvalue weighted by Crippen LogP contribution is -2.35. The lowest BCUT2D eigenvalue weighted by molar-refractivity contribution is 0.0931. The molecule has 0 amide bonds. The zero-order valence-electron chi connectivity index (χ0n) is 12.2. The van der Waals surface area contributed by atoms with Crippen LogP contribution in [0.3, 0.4) is 0 Å². The Morgan fingerprint density at radius 3 is 2.60 bits per heavy atom. The number of Topliss-reactive ketones (excluding diaryl/α,β-unsaturated/α-hetero) is 1. The van der Waals surface area contributed by atoms with Crippen LogP contribution < -0.4 is 0 Å². The number of carbonyl (C=O) groups excluding carboxylic acids is 1. The molecule has 4 heteroatoms. The summed E-state index contributed by atoms with van der Waals surface area (Å²) in [6.45, 7) is 7.23. The lowest BCUT2D eigenvalue weighted by atomic mass is 10.0. The van der Waals surface area contributed by atoms with Gasteiger partial charge >= 0.3 is 0 Å². The monoisotopic (exact) mass is 276 g/mol. The summed E-state index contributed by atoms with van der Waals surface area (Å²) in [5, 5.41) is 8.99. The predicted molar refractivity (Wildman–Crippen MR) is 80.1 cm³/mol.